The zero-order chi connectivity index (χ0) is 35.4. The maximum Gasteiger partial charge on any atom is 0.317 e. The second kappa shape index (κ2) is 41.3. The molecule has 0 aliphatic rings. The van der Waals surface area contributed by atoms with Crippen LogP contribution in [-0.4, -0.2) is 209 Å². The molecule has 0 aliphatic carbocycles. The number of allylic oxidation sites excluding steroid dienone is 1. The van der Waals surface area contributed by atoms with Crippen molar-refractivity contribution in [1.29, 1.82) is 0 Å². The van der Waals surface area contributed by atoms with Gasteiger partial charge in [0.05, 0.1) is 101 Å². The van der Waals surface area contributed by atoms with Crippen LogP contribution in [-0.2, 0) is 9.59 Å². The molecule has 14 N–H and O–H groups in total. The number of rotatable bonds is 12. The molecule has 0 rings (SSSR count). The average Bonchev–Trinajstić information content (AvgIpc) is 2.87. The number of carbonyl (C=O) groups is 2. The van der Waals surface area contributed by atoms with Gasteiger partial charge in [0.15, 0.2) is 0 Å². The fraction of sp³-hybridized carbons (Fsp3) is 0.840. The third-order valence-corrected chi connectivity index (χ3v) is 3.06. The molecular weight excluding hydrogens is 566 g/mol. The Morgan fingerprint density at radius 3 is 1.02 bits per heavy atom. The summed E-state index contributed by atoms with van der Waals surface area (Å²) < 4.78 is 1.42. The van der Waals surface area contributed by atoms with Crippen LogP contribution in [0.25, 0.3) is 0 Å². The number of nitrogens with zero attached hydrogens (tertiary/aromatic N) is 2. The number of nitrogens with two attached hydrogens (primary N) is 1. The number of aliphatic hydroxyl groups excluding tert-OH is 10. The molecule has 0 radical (unpaired) electrons. The standard InChI is InChI=1S/C7H15NO3.C5H14NO.2C3H8O3.C3H6.C2H5NO2.C2H6O2/c1-8(2,3)5-6(9)4-7(10)11;1-6(2,3)4-5-7;2*4-1-3(6)2-5;1-3-2;3-1-2(4)5;3-1-2-4/h6,9H,4-5H2,1-3H3;7H,4-5H2,1-3H3;2*3-6H,1-2H2;3H,1H2,2H3;1,3H2,(H,4,5);3-4H,1-2H2/q;+1;;;;;/p+1. The molecule has 0 saturated heterocycles. The highest BCUT2D eigenvalue weighted by Gasteiger charge is 2.17. The quantitative estimate of drug-likeness (QED) is 0.0710. The Labute approximate surface area is 250 Å². The Morgan fingerprint density at radius 2 is 0.952 bits per heavy atom. The van der Waals surface area contributed by atoms with E-state index in [-0.39, 0.29) is 59.2 Å². The van der Waals surface area contributed by atoms with E-state index in [1.54, 1.807) is 6.08 Å². The van der Waals surface area contributed by atoms with Gasteiger partial charge in [-0.05, 0) is 6.92 Å². The third kappa shape index (κ3) is 107. The van der Waals surface area contributed by atoms with Crippen molar-refractivity contribution in [1.82, 2.24) is 0 Å². The second-order valence-corrected chi connectivity index (χ2v) is 9.95. The number of aliphatic hydroxyl groups is 10. The highest BCUT2D eigenvalue weighted by atomic mass is 16.4. The zero-order valence-electron chi connectivity index (χ0n) is 26.4. The van der Waals surface area contributed by atoms with Crippen LogP contribution in [0.15, 0.2) is 12.7 Å². The fourth-order valence-corrected chi connectivity index (χ4v) is 1.31. The van der Waals surface area contributed by atoms with Gasteiger partial charge in [0.1, 0.15) is 31.4 Å². The van der Waals surface area contributed by atoms with Crippen LogP contribution in [0.1, 0.15) is 13.3 Å². The first-order valence-electron chi connectivity index (χ1n) is 12.7. The van der Waals surface area contributed by atoms with E-state index >= 15 is 0 Å². The number of carboxylic acids is 2. The van der Waals surface area contributed by atoms with Crippen LogP contribution in [0.2, 0.25) is 0 Å². The fourth-order valence-electron chi connectivity index (χ4n) is 1.31. The Hall–Kier alpha value is -1.84. The largest absolute Gasteiger partial charge is 0.481 e. The van der Waals surface area contributed by atoms with Crippen molar-refractivity contribution < 1.29 is 79.8 Å². The summed E-state index contributed by atoms with van der Waals surface area (Å²) in [5.74, 6) is -1.92. The highest BCUT2D eigenvalue weighted by Crippen LogP contribution is 1.98. The Balaban J connectivity index is -0.0000000707. The molecule has 0 spiro atoms. The maximum absolute atomic E-state index is 10.1. The summed E-state index contributed by atoms with van der Waals surface area (Å²) >= 11 is 0. The van der Waals surface area contributed by atoms with Gasteiger partial charge in [-0.15, -0.1) is 6.58 Å². The molecular formula is C25H63N3O14+2. The van der Waals surface area contributed by atoms with E-state index < -0.39 is 30.3 Å². The molecule has 42 heavy (non-hydrogen) atoms. The lowest BCUT2D eigenvalue weighted by Crippen LogP contribution is -2.42. The molecule has 1 atom stereocenters. The predicted molar refractivity (Wildman–Crippen MR) is 158 cm³/mol. The van der Waals surface area contributed by atoms with Crippen molar-refractivity contribution in [2.24, 2.45) is 5.73 Å². The SMILES string of the molecule is C=CC.C[N+](C)(C)CC(O)CC(=O)O.C[N+](C)(C)CCO.NCC(=O)O.OCC(O)CO.OCC(O)CO.OCCO. The van der Waals surface area contributed by atoms with Crippen molar-refractivity contribution in [2.45, 2.75) is 31.7 Å². The minimum atomic E-state index is -0.968. The monoisotopic (exact) mass is 629 g/mol. The maximum atomic E-state index is 10.1. The van der Waals surface area contributed by atoms with Crippen LogP contribution in [0.3, 0.4) is 0 Å². The molecule has 0 fully saturated rings. The molecule has 0 heterocycles. The molecule has 260 valence electrons. The third-order valence-electron chi connectivity index (χ3n) is 3.06. The molecule has 0 aromatic heterocycles. The summed E-state index contributed by atoms with van der Waals surface area (Å²) in [6, 6.07) is 0. The number of hydrogen-bond donors (Lipinski definition) is 13. The van der Waals surface area contributed by atoms with E-state index in [0.717, 1.165) is 11.0 Å². The number of quaternary nitrogens is 2. The van der Waals surface area contributed by atoms with E-state index in [1.165, 1.54) is 0 Å². The van der Waals surface area contributed by atoms with Crippen LogP contribution in [0.4, 0.5) is 0 Å². The Morgan fingerprint density at radius 1 is 0.667 bits per heavy atom. The minimum absolute atomic E-state index is 0.125. The molecule has 0 bridgehead atoms. The number of hydrogen-bond acceptors (Lipinski definition) is 13. The van der Waals surface area contributed by atoms with Gasteiger partial charge in [0, 0.05) is 0 Å². The number of aliphatic carboxylic acids is 2. The summed E-state index contributed by atoms with van der Waals surface area (Å²) in [5.41, 5.74) is 4.57. The molecule has 17 nitrogen and oxygen atoms in total. The van der Waals surface area contributed by atoms with E-state index in [4.69, 9.17) is 61.3 Å². The van der Waals surface area contributed by atoms with Crippen LogP contribution < -0.4 is 5.73 Å². The first kappa shape index (κ1) is 56.0. The molecule has 17 heteroatoms. The Kier molecular flexibility index (Phi) is 55.1. The summed E-state index contributed by atoms with van der Waals surface area (Å²) in [5, 5.41) is 96.7. The minimum Gasteiger partial charge on any atom is -0.481 e. The summed E-state index contributed by atoms with van der Waals surface area (Å²) in [6.45, 7) is 4.84. The van der Waals surface area contributed by atoms with Gasteiger partial charge in [0.25, 0.3) is 0 Å². The smallest absolute Gasteiger partial charge is 0.317 e. The van der Waals surface area contributed by atoms with Gasteiger partial charge >= 0.3 is 11.9 Å². The topological polar surface area (TPSA) is 303 Å². The zero-order valence-corrected chi connectivity index (χ0v) is 26.4. The number of carboxylic acid groups (broad SMARTS) is 2. The first-order chi connectivity index (χ1) is 19.1. The van der Waals surface area contributed by atoms with E-state index in [9.17, 15) is 9.59 Å². The molecule has 1 unspecified atom stereocenters. The van der Waals surface area contributed by atoms with Crippen molar-refractivity contribution in [3.05, 3.63) is 12.7 Å². The lowest BCUT2D eigenvalue weighted by atomic mass is 10.2. The van der Waals surface area contributed by atoms with Gasteiger partial charge in [-0.25, -0.2) is 0 Å². The van der Waals surface area contributed by atoms with Crippen molar-refractivity contribution in [3.63, 3.8) is 0 Å². The van der Waals surface area contributed by atoms with Crippen molar-refractivity contribution in [2.75, 3.05) is 108 Å². The molecule has 0 aromatic rings. The van der Waals surface area contributed by atoms with Gasteiger partial charge in [-0.1, -0.05) is 6.08 Å². The van der Waals surface area contributed by atoms with Gasteiger partial charge < -0.3 is 76.0 Å². The van der Waals surface area contributed by atoms with Crippen LogP contribution >= 0.6 is 0 Å². The normalized spacial score (nSPS) is 10.6. The summed E-state index contributed by atoms with van der Waals surface area (Å²) in [7, 11) is 11.9. The average molecular weight is 630 g/mol. The van der Waals surface area contributed by atoms with Gasteiger partial charge in [0.2, 0.25) is 0 Å². The molecule has 0 aliphatic heterocycles. The van der Waals surface area contributed by atoms with Gasteiger partial charge in [-0.2, -0.15) is 0 Å². The lowest BCUT2D eigenvalue weighted by Gasteiger charge is -2.25. The van der Waals surface area contributed by atoms with E-state index in [2.05, 4.69) is 33.5 Å². The van der Waals surface area contributed by atoms with Gasteiger partial charge in [-0.3, -0.25) is 9.59 Å². The first-order valence-corrected chi connectivity index (χ1v) is 12.7. The predicted octanol–water partition coefficient (Wildman–Crippen LogP) is -4.93. The van der Waals surface area contributed by atoms with Crippen molar-refractivity contribution >= 4 is 11.9 Å². The Bertz CT molecular complexity index is 525. The van der Waals surface area contributed by atoms with Crippen LogP contribution in [0, 0.1) is 0 Å². The van der Waals surface area contributed by atoms with Crippen LogP contribution in [0.5, 0.6) is 0 Å². The molecule has 0 saturated carbocycles. The number of likely N-dealkylation sites (N-methyl/N-ethyl adjacent to an activating group) is 2. The van der Waals surface area contributed by atoms with E-state index in [0.29, 0.717) is 11.0 Å². The van der Waals surface area contributed by atoms with E-state index in [1.807, 2.05) is 28.1 Å². The lowest BCUT2D eigenvalue weighted by molar-refractivity contribution is -0.873. The second-order valence-electron chi connectivity index (χ2n) is 9.95. The summed E-state index contributed by atoms with van der Waals surface area (Å²) in [6.07, 6.45) is -1.07. The van der Waals surface area contributed by atoms with Crippen molar-refractivity contribution in [3.8, 4) is 0 Å². The molecule has 0 aromatic carbocycles. The highest BCUT2D eigenvalue weighted by molar-refractivity contribution is 5.68. The molecule has 0 amide bonds. The summed E-state index contributed by atoms with van der Waals surface area (Å²) in [4.78, 5) is 19.4.